The Labute approximate surface area is 151 Å². The summed E-state index contributed by atoms with van der Waals surface area (Å²) < 4.78 is 0. The fraction of sp³-hybridized carbons (Fsp3) is 0.476. The van der Waals surface area contributed by atoms with Crippen molar-refractivity contribution in [3.8, 4) is 0 Å². The van der Waals surface area contributed by atoms with E-state index in [0.29, 0.717) is 12.8 Å². The zero-order valence-electron chi connectivity index (χ0n) is 14.6. The Kier molecular flexibility index (Phi) is 7.80. The van der Waals surface area contributed by atoms with E-state index in [4.69, 9.17) is 0 Å². The summed E-state index contributed by atoms with van der Waals surface area (Å²) in [5, 5.41) is 10.9. The van der Waals surface area contributed by atoms with Crippen molar-refractivity contribution in [3.63, 3.8) is 0 Å². The quantitative estimate of drug-likeness (QED) is 0.348. The predicted octanol–water partition coefficient (Wildman–Crippen LogP) is 5.30. The van der Waals surface area contributed by atoms with E-state index < -0.39 is 4.93 Å². The molecule has 0 aliphatic heterocycles. The van der Waals surface area contributed by atoms with Crippen LogP contribution in [0.2, 0.25) is 0 Å². The van der Waals surface area contributed by atoms with Crippen molar-refractivity contribution in [1.29, 1.82) is 0 Å². The largest absolute Gasteiger partial charge is 0.375 e. The molecule has 1 heterocycles. The first-order valence-corrected chi connectivity index (χ1v) is 9.51. The molecular formula is C21H29NOS. The van der Waals surface area contributed by atoms with Crippen molar-refractivity contribution in [2.45, 2.75) is 63.2 Å². The van der Waals surface area contributed by atoms with E-state index in [0.717, 1.165) is 17.7 Å². The molecule has 0 aliphatic rings. The summed E-state index contributed by atoms with van der Waals surface area (Å²) in [6.45, 7) is 2.23. The molecule has 1 unspecified atom stereocenters. The highest BCUT2D eigenvalue weighted by atomic mass is 32.1. The maximum absolute atomic E-state index is 10.9. The van der Waals surface area contributed by atoms with Gasteiger partial charge in [0.05, 0.1) is 0 Å². The van der Waals surface area contributed by atoms with Crippen LogP contribution >= 0.6 is 12.6 Å². The summed E-state index contributed by atoms with van der Waals surface area (Å²) in [5.41, 5.74) is 3.15. The minimum Gasteiger partial charge on any atom is -0.375 e. The number of thiol groups is 1. The Morgan fingerprint density at radius 1 is 0.958 bits per heavy atom. The fourth-order valence-corrected chi connectivity index (χ4v) is 3.36. The second kappa shape index (κ2) is 9.85. The number of pyridine rings is 1. The molecule has 2 rings (SSSR count). The molecule has 0 bridgehead atoms. The summed E-state index contributed by atoms with van der Waals surface area (Å²) in [6, 6.07) is 14.0. The number of hydrogen-bond acceptors (Lipinski definition) is 3. The van der Waals surface area contributed by atoms with Crippen molar-refractivity contribution in [1.82, 2.24) is 4.98 Å². The number of aliphatic hydroxyl groups is 1. The smallest absolute Gasteiger partial charge is 0.133 e. The topological polar surface area (TPSA) is 33.1 Å². The van der Waals surface area contributed by atoms with Crippen LogP contribution in [0.15, 0.2) is 48.7 Å². The maximum Gasteiger partial charge on any atom is 0.133 e. The van der Waals surface area contributed by atoms with Gasteiger partial charge in [0.25, 0.3) is 0 Å². The van der Waals surface area contributed by atoms with Gasteiger partial charge in [-0.2, -0.15) is 0 Å². The van der Waals surface area contributed by atoms with Crippen molar-refractivity contribution in [3.05, 3.63) is 65.5 Å². The average molecular weight is 344 g/mol. The SMILES string of the molecule is CCCCCCCc1ccccc1C(O)(S)CCc1ccccn1. The highest BCUT2D eigenvalue weighted by Crippen LogP contribution is 2.33. The number of aromatic nitrogens is 1. The van der Waals surface area contributed by atoms with Gasteiger partial charge < -0.3 is 5.11 Å². The first-order chi connectivity index (χ1) is 11.6. The van der Waals surface area contributed by atoms with Gasteiger partial charge in [0.2, 0.25) is 0 Å². The molecule has 2 nitrogen and oxygen atoms in total. The van der Waals surface area contributed by atoms with E-state index in [1.54, 1.807) is 6.20 Å². The third-order valence-corrected chi connectivity index (χ3v) is 4.92. The van der Waals surface area contributed by atoms with Crippen LogP contribution in [-0.2, 0) is 17.8 Å². The molecule has 1 N–H and O–H groups in total. The van der Waals surface area contributed by atoms with Crippen LogP contribution in [0.4, 0.5) is 0 Å². The lowest BCUT2D eigenvalue weighted by atomic mass is 9.94. The van der Waals surface area contributed by atoms with Gasteiger partial charge >= 0.3 is 0 Å². The molecule has 24 heavy (non-hydrogen) atoms. The lowest BCUT2D eigenvalue weighted by molar-refractivity contribution is 0.129. The van der Waals surface area contributed by atoms with Crippen LogP contribution in [0.3, 0.4) is 0 Å². The Balaban J connectivity index is 1.98. The van der Waals surface area contributed by atoms with Gasteiger partial charge in [0.15, 0.2) is 0 Å². The normalized spacial score (nSPS) is 13.6. The highest BCUT2D eigenvalue weighted by Gasteiger charge is 2.26. The van der Waals surface area contributed by atoms with Crippen LogP contribution in [0.5, 0.6) is 0 Å². The molecule has 0 amide bonds. The minimum absolute atomic E-state index is 0.556. The molecule has 1 aromatic heterocycles. The van der Waals surface area contributed by atoms with Crippen LogP contribution in [0.1, 0.15) is 62.3 Å². The van der Waals surface area contributed by atoms with E-state index in [1.807, 2.05) is 36.4 Å². The first-order valence-electron chi connectivity index (χ1n) is 9.06. The van der Waals surface area contributed by atoms with Crippen molar-refractivity contribution in [2.24, 2.45) is 0 Å². The molecule has 0 aliphatic carbocycles. The second-order valence-corrected chi connectivity index (χ2v) is 7.20. The van der Waals surface area contributed by atoms with E-state index in [-0.39, 0.29) is 0 Å². The van der Waals surface area contributed by atoms with Crippen LogP contribution in [0.25, 0.3) is 0 Å². The number of rotatable bonds is 10. The molecule has 0 spiro atoms. The number of aryl methyl sites for hydroxylation is 2. The summed E-state index contributed by atoms with van der Waals surface area (Å²) in [4.78, 5) is 3.22. The van der Waals surface area contributed by atoms with Gasteiger partial charge in [0, 0.05) is 11.9 Å². The van der Waals surface area contributed by atoms with Crippen molar-refractivity contribution < 1.29 is 5.11 Å². The molecule has 0 saturated carbocycles. The van der Waals surface area contributed by atoms with E-state index in [1.165, 1.54) is 37.7 Å². The number of nitrogens with zero attached hydrogens (tertiary/aromatic N) is 1. The first kappa shape index (κ1) is 19.0. The minimum atomic E-state index is -1.11. The summed E-state index contributed by atoms with van der Waals surface area (Å²) in [7, 11) is 0. The van der Waals surface area contributed by atoms with E-state index in [9.17, 15) is 5.11 Å². The molecule has 1 atom stereocenters. The lowest BCUT2D eigenvalue weighted by Gasteiger charge is -2.25. The lowest BCUT2D eigenvalue weighted by Crippen LogP contribution is -2.21. The number of unbranched alkanes of at least 4 members (excludes halogenated alkanes) is 4. The summed E-state index contributed by atoms with van der Waals surface area (Å²) in [6.07, 6.45) is 10.4. The van der Waals surface area contributed by atoms with Gasteiger partial charge in [-0.1, -0.05) is 62.9 Å². The van der Waals surface area contributed by atoms with Gasteiger partial charge in [-0.05, 0) is 48.9 Å². The highest BCUT2D eigenvalue weighted by molar-refractivity contribution is 7.81. The van der Waals surface area contributed by atoms with Gasteiger partial charge in [-0.3, -0.25) is 4.98 Å². The van der Waals surface area contributed by atoms with Crippen LogP contribution in [-0.4, -0.2) is 10.1 Å². The van der Waals surface area contributed by atoms with Gasteiger partial charge in [-0.15, -0.1) is 12.6 Å². The summed E-state index contributed by atoms with van der Waals surface area (Å²) in [5.74, 6) is 0. The van der Waals surface area contributed by atoms with E-state index >= 15 is 0 Å². The Morgan fingerprint density at radius 3 is 2.46 bits per heavy atom. The Hall–Kier alpha value is -1.32. The van der Waals surface area contributed by atoms with Crippen LogP contribution in [0, 0.1) is 0 Å². The van der Waals surface area contributed by atoms with Crippen LogP contribution < -0.4 is 0 Å². The third-order valence-electron chi connectivity index (χ3n) is 4.45. The van der Waals surface area contributed by atoms with Crippen molar-refractivity contribution in [2.75, 3.05) is 0 Å². The standard InChI is InChI=1S/C21H29NOS/c1-2-3-4-5-6-11-18-12-7-8-14-20(18)21(23,24)16-15-19-13-9-10-17-22-19/h7-10,12-14,17,23-24H,2-6,11,15-16H2,1H3. The zero-order valence-corrected chi connectivity index (χ0v) is 15.5. The number of hydrogen-bond donors (Lipinski definition) is 2. The molecule has 1 aromatic carbocycles. The monoisotopic (exact) mass is 343 g/mol. The number of benzene rings is 1. The van der Waals surface area contributed by atoms with Gasteiger partial charge in [0.1, 0.15) is 4.93 Å². The molecule has 130 valence electrons. The zero-order chi connectivity index (χ0) is 17.3. The molecule has 0 saturated heterocycles. The molecule has 2 aromatic rings. The van der Waals surface area contributed by atoms with E-state index in [2.05, 4.69) is 30.6 Å². The maximum atomic E-state index is 10.9. The summed E-state index contributed by atoms with van der Waals surface area (Å²) >= 11 is 4.58. The van der Waals surface area contributed by atoms with Crippen molar-refractivity contribution >= 4 is 12.6 Å². The fourth-order valence-electron chi connectivity index (χ4n) is 3.03. The molecular weight excluding hydrogens is 314 g/mol. The van der Waals surface area contributed by atoms with Gasteiger partial charge in [-0.25, -0.2) is 0 Å². The molecule has 3 heteroatoms. The predicted molar refractivity (Wildman–Crippen MR) is 104 cm³/mol. The molecule has 0 radical (unpaired) electrons. The molecule has 0 fully saturated rings. The Bertz CT molecular complexity index is 598. The Morgan fingerprint density at radius 2 is 1.71 bits per heavy atom. The second-order valence-electron chi connectivity index (χ2n) is 6.46. The third kappa shape index (κ3) is 5.95. The average Bonchev–Trinajstić information content (AvgIpc) is 2.61.